The maximum atomic E-state index is 13.1. The first-order chi connectivity index (χ1) is 12.2. The molecule has 2 amide bonds. The van der Waals surface area contributed by atoms with Gasteiger partial charge < -0.3 is 19.3 Å². The van der Waals surface area contributed by atoms with Crippen LogP contribution in [0.4, 0.5) is 0 Å². The zero-order chi connectivity index (χ0) is 17.6. The summed E-state index contributed by atoms with van der Waals surface area (Å²) in [4.78, 5) is 29.8. The van der Waals surface area contributed by atoms with E-state index in [1.807, 2.05) is 17.0 Å². The molecule has 2 saturated heterocycles. The summed E-state index contributed by atoms with van der Waals surface area (Å²) in [6, 6.07) is 3.36. The van der Waals surface area contributed by atoms with Crippen LogP contribution in [-0.4, -0.2) is 60.7 Å². The Morgan fingerprint density at radius 3 is 2.60 bits per heavy atom. The number of hydrogen-bond acceptors (Lipinski definition) is 5. The molecule has 1 aromatic carbocycles. The lowest BCUT2D eigenvalue weighted by atomic mass is 10.1. The highest BCUT2D eigenvalue weighted by molar-refractivity contribution is 7.99. The molecule has 4 rings (SSSR count). The van der Waals surface area contributed by atoms with Crippen molar-refractivity contribution in [2.24, 2.45) is 0 Å². The average molecular weight is 362 g/mol. The van der Waals surface area contributed by atoms with Gasteiger partial charge in [-0.15, -0.1) is 11.8 Å². The number of carbonyl (C=O) groups excluding carboxylic acids is 2. The van der Waals surface area contributed by atoms with Gasteiger partial charge in [0.05, 0.1) is 19.8 Å². The van der Waals surface area contributed by atoms with Crippen molar-refractivity contribution < 1.29 is 19.1 Å². The summed E-state index contributed by atoms with van der Waals surface area (Å²) in [5, 5.41) is -0.110. The number of benzene rings is 1. The molecule has 0 unspecified atom stereocenters. The zero-order valence-electron chi connectivity index (χ0n) is 14.5. The van der Waals surface area contributed by atoms with Gasteiger partial charge in [0, 0.05) is 24.4 Å². The van der Waals surface area contributed by atoms with Crippen LogP contribution in [0.3, 0.4) is 0 Å². The predicted octanol–water partition coefficient (Wildman–Crippen LogP) is 2.29. The second-order valence-electron chi connectivity index (χ2n) is 6.57. The van der Waals surface area contributed by atoms with Crippen molar-refractivity contribution in [3.63, 3.8) is 0 Å². The number of ether oxygens (including phenoxy) is 2. The molecular formula is C18H22N2O4S. The highest BCUT2D eigenvalue weighted by Crippen LogP contribution is 2.52. The van der Waals surface area contributed by atoms with Crippen molar-refractivity contribution in [2.45, 2.75) is 30.7 Å². The molecule has 2 fully saturated rings. The Hall–Kier alpha value is -1.89. The Kier molecular flexibility index (Phi) is 4.27. The van der Waals surface area contributed by atoms with Gasteiger partial charge in [-0.25, -0.2) is 0 Å². The van der Waals surface area contributed by atoms with Crippen LogP contribution in [0.25, 0.3) is 0 Å². The van der Waals surface area contributed by atoms with Crippen LogP contribution in [0, 0.1) is 0 Å². The molecule has 25 heavy (non-hydrogen) atoms. The van der Waals surface area contributed by atoms with Crippen LogP contribution in [-0.2, 0) is 4.79 Å². The molecule has 6 nitrogen and oxygen atoms in total. The lowest BCUT2D eigenvalue weighted by molar-refractivity contribution is -0.136. The maximum absolute atomic E-state index is 13.1. The van der Waals surface area contributed by atoms with Gasteiger partial charge in [0.1, 0.15) is 11.4 Å². The third kappa shape index (κ3) is 2.47. The van der Waals surface area contributed by atoms with Crippen molar-refractivity contribution in [1.29, 1.82) is 0 Å². The number of likely N-dealkylation sites (tertiary alicyclic amines) is 1. The first kappa shape index (κ1) is 16.6. The highest BCUT2D eigenvalue weighted by atomic mass is 32.2. The molecule has 2 atom stereocenters. The number of fused-ring (bicyclic) bond motifs is 3. The van der Waals surface area contributed by atoms with Crippen molar-refractivity contribution in [3.05, 3.63) is 23.3 Å². The van der Waals surface area contributed by atoms with Crippen molar-refractivity contribution in [3.8, 4) is 11.5 Å². The molecule has 0 aliphatic carbocycles. The molecule has 0 spiro atoms. The van der Waals surface area contributed by atoms with Crippen molar-refractivity contribution in [1.82, 2.24) is 9.80 Å². The largest absolute Gasteiger partial charge is 0.493 e. The number of carbonyl (C=O) groups is 2. The summed E-state index contributed by atoms with van der Waals surface area (Å²) < 4.78 is 10.8. The SMILES string of the molecule is COc1ccc2c(c1OC)C(=O)N1[C@@H](C(=O)N3CCCCC3)CS[C@H]21. The Bertz CT molecular complexity index is 717. The van der Waals surface area contributed by atoms with E-state index in [0.29, 0.717) is 22.8 Å². The van der Waals surface area contributed by atoms with E-state index in [9.17, 15) is 9.59 Å². The molecule has 0 N–H and O–H groups in total. The number of amides is 2. The number of thioether (sulfide) groups is 1. The monoisotopic (exact) mass is 362 g/mol. The van der Waals surface area contributed by atoms with E-state index in [1.165, 1.54) is 6.42 Å². The lowest BCUT2D eigenvalue weighted by Gasteiger charge is -2.32. The smallest absolute Gasteiger partial charge is 0.260 e. The van der Waals surface area contributed by atoms with Crippen LogP contribution in [0.2, 0.25) is 0 Å². The average Bonchev–Trinajstić information content (AvgIpc) is 3.21. The summed E-state index contributed by atoms with van der Waals surface area (Å²) in [6.45, 7) is 1.60. The topological polar surface area (TPSA) is 59.1 Å². The lowest BCUT2D eigenvalue weighted by Crippen LogP contribution is -2.49. The highest BCUT2D eigenvalue weighted by Gasteiger charge is 2.51. The molecule has 3 aliphatic heterocycles. The second-order valence-corrected chi connectivity index (χ2v) is 7.68. The third-order valence-electron chi connectivity index (χ3n) is 5.25. The summed E-state index contributed by atoms with van der Waals surface area (Å²) in [5.74, 6) is 1.61. The third-order valence-corrected chi connectivity index (χ3v) is 6.55. The molecule has 0 bridgehead atoms. The molecule has 0 radical (unpaired) electrons. The van der Waals surface area contributed by atoms with E-state index in [1.54, 1.807) is 30.9 Å². The zero-order valence-corrected chi connectivity index (χ0v) is 15.3. The fourth-order valence-electron chi connectivity index (χ4n) is 4.01. The molecule has 0 saturated carbocycles. The number of methoxy groups -OCH3 is 2. The minimum absolute atomic E-state index is 0.0850. The fraction of sp³-hybridized carbons (Fsp3) is 0.556. The van der Waals surface area contributed by atoms with E-state index in [0.717, 1.165) is 31.5 Å². The van der Waals surface area contributed by atoms with Crippen molar-refractivity contribution in [2.75, 3.05) is 33.1 Å². The van der Waals surface area contributed by atoms with Crippen LogP contribution in [0.15, 0.2) is 12.1 Å². The predicted molar refractivity (Wildman–Crippen MR) is 95.1 cm³/mol. The minimum atomic E-state index is -0.385. The van der Waals surface area contributed by atoms with E-state index >= 15 is 0 Å². The molecule has 3 heterocycles. The van der Waals surface area contributed by atoms with E-state index < -0.39 is 0 Å². The minimum Gasteiger partial charge on any atom is -0.493 e. The fourth-order valence-corrected chi connectivity index (χ4v) is 5.45. The summed E-state index contributed by atoms with van der Waals surface area (Å²) in [7, 11) is 3.10. The van der Waals surface area contributed by atoms with Gasteiger partial charge in [0.25, 0.3) is 5.91 Å². The van der Waals surface area contributed by atoms with Gasteiger partial charge in [-0.1, -0.05) is 6.07 Å². The Morgan fingerprint density at radius 1 is 1.16 bits per heavy atom. The van der Waals surface area contributed by atoms with Crippen LogP contribution >= 0.6 is 11.8 Å². The first-order valence-electron chi connectivity index (χ1n) is 8.65. The van der Waals surface area contributed by atoms with Crippen molar-refractivity contribution >= 4 is 23.6 Å². The van der Waals surface area contributed by atoms with E-state index in [4.69, 9.17) is 9.47 Å². The van der Waals surface area contributed by atoms with E-state index in [2.05, 4.69) is 0 Å². The Balaban J connectivity index is 1.66. The quantitative estimate of drug-likeness (QED) is 0.826. The van der Waals surface area contributed by atoms with Crippen LogP contribution in [0.5, 0.6) is 11.5 Å². The molecule has 3 aliphatic rings. The maximum Gasteiger partial charge on any atom is 0.260 e. The summed E-state index contributed by atoms with van der Waals surface area (Å²) >= 11 is 1.65. The molecular weight excluding hydrogens is 340 g/mol. The van der Waals surface area contributed by atoms with Gasteiger partial charge in [-0.2, -0.15) is 0 Å². The number of nitrogens with zero attached hydrogens (tertiary/aromatic N) is 2. The molecule has 7 heteroatoms. The van der Waals surface area contributed by atoms with Crippen LogP contribution < -0.4 is 9.47 Å². The summed E-state index contributed by atoms with van der Waals surface area (Å²) in [6.07, 6.45) is 3.28. The standard InChI is InChI=1S/C18H22N2O4S/c1-23-13-7-6-11-14(15(13)24-2)17(22)20-12(10-25-18(11)20)16(21)19-8-4-3-5-9-19/h6-7,12,18H,3-5,8-10H2,1-2H3/t12-,18-/m1/s1. The van der Waals surface area contributed by atoms with Gasteiger partial charge in [-0.3, -0.25) is 9.59 Å². The Labute approximate surface area is 151 Å². The first-order valence-corrected chi connectivity index (χ1v) is 9.70. The van der Waals surface area contributed by atoms with Gasteiger partial charge in [-0.05, 0) is 25.3 Å². The van der Waals surface area contributed by atoms with Gasteiger partial charge in [0.2, 0.25) is 5.91 Å². The van der Waals surface area contributed by atoms with Gasteiger partial charge in [0.15, 0.2) is 11.5 Å². The molecule has 0 aromatic heterocycles. The van der Waals surface area contributed by atoms with Crippen LogP contribution in [0.1, 0.15) is 40.6 Å². The Morgan fingerprint density at radius 2 is 1.92 bits per heavy atom. The second kappa shape index (κ2) is 6.44. The number of rotatable bonds is 3. The molecule has 1 aromatic rings. The number of hydrogen-bond donors (Lipinski definition) is 0. The number of piperidine rings is 1. The van der Waals surface area contributed by atoms with E-state index in [-0.39, 0.29) is 23.2 Å². The normalized spacial score (nSPS) is 25.0. The summed E-state index contributed by atoms with van der Waals surface area (Å²) in [5.41, 5.74) is 1.46. The van der Waals surface area contributed by atoms with Gasteiger partial charge >= 0.3 is 0 Å². The molecule has 134 valence electrons.